The fraction of sp³-hybridized carbons (Fsp3) is 0.182. The molecule has 0 unspecified atom stereocenters. The number of hydrogen-bond donors (Lipinski definition) is 0. The molecule has 0 saturated heterocycles. The molecule has 88 valence electrons. The highest BCUT2D eigenvalue weighted by Crippen LogP contribution is 2.20. The van der Waals surface area contributed by atoms with Crippen molar-refractivity contribution in [3.63, 3.8) is 0 Å². The van der Waals surface area contributed by atoms with Gasteiger partial charge in [0, 0.05) is 6.20 Å². The van der Waals surface area contributed by atoms with E-state index >= 15 is 0 Å². The van der Waals surface area contributed by atoms with Crippen LogP contribution in [0.15, 0.2) is 29.9 Å². The average Bonchev–Trinajstić information content (AvgIpc) is 2.73. The van der Waals surface area contributed by atoms with Gasteiger partial charge in [-0.15, -0.1) is 5.10 Å². The molecule has 0 N–H and O–H groups in total. The Kier molecular flexibility index (Phi) is 3.45. The predicted molar refractivity (Wildman–Crippen MR) is 68.6 cm³/mol. The first-order valence-electron chi connectivity index (χ1n) is 4.96. The average molecular weight is 269 g/mol. The smallest absolute Gasteiger partial charge is 0.184 e. The molecular formula is C11H10Cl2N4. The van der Waals surface area contributed by atoms with Crippen LogP contribution in [0.4, 0.5) is 0 Å². The number of aromatic nitrogens is 3. The van der Waals surface area contributed by atoms with Gasteiger partial charge in [-0.2, -0.15) is 0 Å². The normalized spacial score (nSPS) is 13.9. The van der Waals surface area contributed by atoms with Crippen LogP contribution < -0.4 is 10.7 Å². The lowest BCUT2D eigenvalue weighted by atomic mass is 10.4. The van der Waals surface area contributed by atoms with Gasteiger partial charge >= 0.3 is 0 Å². The molecule has 0 aliphatic rings. The van der Waals surface area contributed by atoms with E-state index in [-0.39, 0.29) is 0 Å². The van der Waals surface area contributed by atoms with E-state index in [4.69, 9.17) is 23.2 Å². The van der Waals surface area contributed by atoms with Gasteiger partial charge in [0.25, 0.3) is 0 Å². The molecule has 2 heterocycles. The van der Waals surface area contributed by atoms with E-state index in [1.165, 1.54) is 6.20 Å². The van der Waals surface area contributed by atoms with Crippen molar-refractivity contribution < 1.29 is 0 Å². The van der Waals surface area contributed by atoms with Crippen LogP contribution in [0, 0.1) is 0 Å². The van der Waals surface area contributed by atoms with Crippen LogP contribution in [-0.2, 0) is 0 Å². The third-order valence-electron chi connectivity index (χ3n) is 2.23. The van der Waals surface area contributed by atoms with E-state index < -0.39 is 4.84 Å². The molecule has 17 heavy (non-hydrogen) atoms. The molecule has 0 radical (unpaired) electrons. The minimum atomic E-state index is -0.737. The van der Waals surface area contributed by atoms with Gasteiger partial charge in [0.15, 0.2) is 16.3 Å². The van der Waals surface area contributed by atoms with Crippen LogP contribution in [0.1, 0.15) is 17.6 Å². The first-order valence-corrected chi connectivity index (χ1v) is 5.83. The molecule has 0 aliphatic carbocycles. The van der Waals surface area contributed by atoms with Crippen molar-refractivity contribution in [3.05, 3.63) is 41.4 Å². The van der Waals surface area contributed by atoms with E-state index in [1.54, 1.807) is 4.52 Å². The lowest BCUT2D eigenvalue weighted by Crippen LogP contribution is -2.31. The van der Waals surface area contributed by atoms with Crippen molar-refractivity contribution in [3.8, 4) is 0 Å². The van der Waals surface area contributed by atoms with Gasteiger partial charge in [0.2, 0.25) is 0 Å². The SMILES string of the molecule is C=CN=c1ccc2nc(C(Cl)Cl)nn2/c1=C/C. The molecule has 2 rings (SSSR count). The molecule has 4 nitrogen and oxygen atoms in total. The van der Waals surface area contributed by atoms with E-state index in [9.17, 15) is 0 Å². The first-order chi connectivity index (χ1) is 8.17. The van der Waals surface area contributed by atoms with Gasteiger partial charge in [-0.25, -0.2) is 9.50 Å². The zero-order chi connectivity index (χ0) is 12.4. The van der Waals surface area contributed by atoms with Gasteiger partial charge in [-0.3, -0.25) is 4.99 Å². The van der Waals surface area contributed by atoms with Gasteiger partial charge in [-0.1, -0.05) is 35.9 Å². The maximum Gasteiger partial charge on any atom is 0.184 e. The summed E-state index contributed by atoms with van der Waals surface area (Å²) in [6.07, 6.45) is 3.38. The monoisotopic (exact) mass is 268 g/mol. The van der Waals surface area contributed by atoms with Gasteiger partial charge in [0.05, 0.1) is 10.7 Å². The number of halogens is 2. The summed E-state index contributed by atoms with van der Waals surface area (Å²) in [6.45, 7) is 5.48. The van der Waals surface area contributed by atoms with E-state index in [1.807, 2.05) is 25.1 Å². The Balaban J connectivity index is 2.87. The van der Waals surface area contributed by atoms with Crippen LogP contribution in [0.25, 0.3) is 11.7 Å². The van der Waals surface area contributed by atoms with Crippen LogP contribution in [0.2, 0.25) is 0 Å². The second kappa shape index (κ2) is 4.85. The molecule has 0 aromatic carbocycles. The summed E-state index contributed by atoms with van der Waals surface area (Å²) < 4.78 is 1.66. The van der Waals surface area contributed by atoms with E-state index in [0.717, 1.165) is 10.7 Å². The quantitative estimate of drug-likeness (QED) is 0.780. The lowest BCUT2D eigenvalue weighted by Gasteiger charge is -1.93. The van der Waals surface area contributed by atoms with Crippen LogP contribution in [0.3, 0.4) is 0 Å². The lowest BCUT2D eigenvalue weighted by molar-refractivity contribution is 0.875. The Labute approximate surface area is 108 Å². The number of fused-ring (bicyclic) bond motifs is 1. The number of rotatable bonds is 2. The molecule has 0 fully saturated rings. The summed E-state index contributed by atoms with van der Waals surface area (Å²) in [6, 6.07) is 3.66. The van der Waals surface area contributed by atoms with E-state index in [2.05, 4.69) is 21.7 Å². The number of hydrogen-bond acceptors (Lipinski definition) is 3. The molecule has 0 amide bonds. The van der Waals surface area contributed by atoms with Gasteiger partial charge < -0.3 is 0 Å². The second-order valence-corrected chi connectivity index (χ2v) is 4.34. The largest absolute Gasteiger partial charge is 0.255 e. The molecule has 0 atom stereocenters. The highest BCUT2D eigenvalue weighted by molar-refractivity contribution is 6.43. The highest BCUT2D eigenvalue weighted by Gasteiger charge is 2.11. The van der Waals surface area contributed by atoms with Crippen LogP contribution >= 0.6 is 23.2 Å². The van der Waals surface area contributed by atoms with Crippen molar-refractivity contribution >= 4 is 34.9 Å². The summed E-state index contributed by atoms with van der Waals surface area (Å²) in [4.78, 5) is 7.65. The molecule has 0 saturated carbocycles. The molecular weight excluding hydrogens is 259 g/mol. The summed E-state index contributed by atoms with van der Waals surface area (Å²) in [5, 5.41) is 5.84. The van der Waals surface area contributed by atoms with Crippen molar-refractivity contribution in [2.24, 2.45) is 4.99 Å². The Hall–Kier alpha value is -1.39. The van der Waals surface area contributed by atoms with Gasteiger partial charge in [0.1, 0.15) is 0 Å². The number of nitrogens with zero attached hydrogens (tertiary/aromatic N) is 4. The summed E-state index contributed by atoms with van der Waals surface area (Å²) in [7, 11) is 0. The summed E-state index contributed by atoms with van der Waals surface area (Å²) in [5.41, 5.74) is 0.683. The molecule has 2 aromatic rings. The third kappa shape index (κ3) is 2.18. The molecule has 0 aliphatic heterocycles. The maximum absolute atomic E-state index is 5.75. The zero-order valence-electron chi connectivity index (χ0n) is 9.14. The Bertz CT molecular complexity index is 673. The third-order valence-corrected chi connectivity index (χ3v) is 2.62. The fourth-order valence-electron chi connectivity index (χ4n) is 1.54. The van der Waals surface area contributed by atoms with Crippen molar-refractivity contribution in [2.75, 3.05) is 0 Å². The minimum Gasteiger partial charge on any atom is -0.255 e. The maximum atomic E-state index is 5.75. The summed E-state index contributed by atoms with van der Waals surface area (Å²) >= 11 is 11.5. The highest BCUT2D eigenvalue weighted by atomic mass is 35.5. The Morgan fingerprint density at radius 1 is 1.47 bits per heavy atom. The molecule has 0 spiro atoms. The van der Waals surface area contributed by atoms with Crippen molar-refractivity contribution in [1.29, 1.82) is 0 Å². The second-order valence-electron chi connectivity index (χ2n) is 3.24. The molecule has 6 heteroatoms. The minimum absolute atomic E-state index is 0.382. The predicted octanol–water partition coefficient (Wildman–Crippen LogP) is 1.77. The zero-order valence-corrected chi connectivity index (χ0v) is 10.7. The molecule has 0 bridgehead atoms. The Morgan fingerprint density at radius 2 is 2.24 bits per heavy atom. The molecule has 2 aromatic heterocycles. The summed E-state index contributed by atoms with van der Waals surface area (Å²) in [5.74, 6) is 0.382. The Morgan fingerprint density at radius 3 is 2.82 bits per heavy atom. The van der Waals surface area contributed by atoms with Crippen molar-refractivity contribution in [2.45, 2.75) is 11.8 Å². The standard InChI is InChI=1S/C11H10Cl2N4/c1-3-8-7(14-4-2)5-6-9-15-11(10(12)13)16-17(8)9/h3-6,10H,2H2,1H3/b8-3+,14-7?. The first kappa shape index (κ1) is 12.1. The van der Waals surface area contributed by atoms with Gasteiger partial charge in [-0.05, 0) is 19.1 Å². The van der Waals surface area contributed by atoms with Crippen LogP contribution in [-0.4, -0.2) is 14.6 Å². The van der Waals surface area contributed by atoms with Crippen LogP contribution in [0.5, 0.6) is 0 Å². The number of pyridine rings is 1. The topological polar surface area (TPSA) is 42.5 Å². The number of alkyl halides is 2. The van der Waals surface area contributed by atoms with Crippen molar-refractivity contribution in [1.82, 2.24) is 14.6 Å². The van der Waals surface area contributed by atoms with E-state index in [0.29, 0.717) is 11.5 Å². The fourth-order valence-corrected chi connectivity index (χ4v) is 1.73.